The molecule has 1 saturated carbocycles. The molecule has 1 amide bonds. The zero-order valence-electron chi connectivity index (χ0n) is 16.1. The Hall–Kier alpha value is -3.34. The monoisotopic (exact) mass is 380 g/mol. The predicted octanol–water partition coefficient (Wildman–Crippen LogP) is 3.35. The molecule has 1 aromatic heterocycles. The summed E-state index contributed by atoms with van der Waals surface area (Å²) in [7, 11) is 1.50. The number of benzene rings is 1. The van der Waals surface area contributed by atoms with Gasteiger partial charge in [-0.15, -0.1) is 0 Å². The van der Waals surface area contributed by atoms with Crippen LogP contribution in [0, 0.1) is 17.2 Å². The first kappa shape index (κ1) is 19.4. The van der Waals surface area contributed by atoms with Crippen LogP contribution in [0.5, 0.6) is 0 Å². The summed E-state index contributed by atoms with van der Waals surface area (Å²) in [6.07, 6.45) is 5.45. The highest BCUT2D eigenvalue weighted by atomic mass is 16.6. The number of hydrogen-bond donors (Lipinski definition) is 2. The molecule has 1 heterocycles. The van der Waals surface area contributed by atoms with E-state index in [0.717, 1.165) is 42.6 Å². The summed E-state index contributed by atoms with van der Waals surface area (Å²) in [4.78, 5) is 16.7. The van der Waals surface area contributed by atoms with Crippen LogP contribution in [-0.2, 0) is 4.84 Å². The first-order valence-corrected chi connectivity index (χ1v) is 9.27. The molecule has 1 aliphatic carbocycles. The summed E-state index contributed by atoms with van der Waals surface area (Å²) in [5.41, 5.74) is 8.31. The summed E-state index contributed by atoms with van der Waals surface area (Å²) < 4.78 is 1.72. The maximum absolute atomic E-state index is 11.9. The van der Waals surface area contributed by atoms with Crippen LogP contribution >= 0.6 is 0 Å². The maximum atomic E-state index is 11.9. The molecular formula is C20H24N6O2. The first-order chi connectivity index (χ1) is 13.5. The molecule has 0 unspecified atom stereocenters. The Kier molecular flexibility index (Phi) is 5.94. The molecule has 146 valence electrons. The van der Waals surface area contributed by atoms with E-state index in [1.807, 2.05) is 31.2 Å². The minimum Gasteiger partial charge on any atom is -0.399 e. The van der Waals surface area contributed by atoms with Crippen molar-refractivity contribution >= 4 is 23.1 Å². The number of rotatable bonds is 6. The highest BCUT2D eigenvalue weighted by molar-refractivity contribution is 5.99. The van der Waals surface area contributed by atoms with Crippen molar-refractivity contribution in [1.82, 2.24) is 9.78 Å². The number of nitrogens with zero attached hydrogens (tertiary/aromatic N) is 4. The molecule has 8 heteroatoms. The lowest BCUT2D eigenvalue weighted by Gasteiger charge is -2.26. The van der Waals surface area contributed by atoms with Gasteiger partial charge in [0.1, 0.15) is 12.7 Å². The predicted molar refractivity (Wildman–Crippen MR) is 106 cm³/mol. The third-order valence-electron chi connectivity index (χ3n) is 5.03. The number of carbonyl (C=O) groups excluding carboxylic acids is 1. The SMILES string of the molecule is CO/N=C(\C)c1ccc(Nc2nn([C@H]3CCCC[C@@H]3C#N)cc2C(N)=O)cc1. The van der Waals surface area contributed by atoms with Gasteiger partial charge >= 0.3 is 0 Å². The van der Waals surface area contributed by atoms with E-state index in [1.165, 1.54) is 7.11 Å². The van der Waals surface area contributed by atoms with Crippen LogP contribution in [0.3, 0.4) is 0 Å². The number of aromatic nitrogens is 2. The summed E-state index contributed by atoms with van der Waals surface area (Å²) in [6, 6.07) is 9.86. The maximum Gasteiger partial charge on any atom is 0.254 e. The Morgan fingerprint density at radius 1 is 1.36 bits per heavy atom. The average Bonchev–Trinajstić information content (AvgIpc) is 3.12. The van der Waals surface area contributed by atoms with Gasteiger partial charge in [-0.1, -0.05) is 30.1 Å². The second-order valence-corrected chi connectivity index (χ2v) is 6.88. The summed E-state index contributed by atoms with van der Waals surface area (Å²) in [5.74, 6) is -0.271. The third kappa shape index (κ3) is 4.14. The van der Waals surface area contributed by atoms with E-state index >= 15 is 0 Å². The van der Waals surface area contributed by atoms with Gasteiger partial charge in [-0.05, 0) is 37.5 Å². The zero-order chi connectivity index (χ0) is 20.1. The van der Waals surface area contributed by atoms with Crippen molar-refractivity contribution < 1.29 is 9.63 Å². The quantitative estimate of drug-likeness (QED) is 0.588. The van der Waals surface area contributed by atoms with Crippen LogP contribution in [0.2, 0.25) is 0 Å². The van der Waals surface area contributed by atoms with Gasteiger partial charge in [0.15, 0.2) is 5.82 Å². The molecule has 28 heavy (non-hydrogen) atoms. The largest absolute Gasteiger partial charge is 0.399 e. The van der Waals surface area contributed by atoms with E-state index in [9.17, 15) is 10.1 Å². The number of anilines is 2. The van der Waals surface area contributed by atoms with Gasteiger partial charge in [-0.3, -0.25) is 9.48 Å². The fourth-order valence-corrected chi connectivity index (χ4v) is 3.53. The normalized spacial score (nSPS) is 19.7. The van der Waals surface area contributed by atoms with Crippen molar-refractivity contribution in [3.8, 4) is 6.07 Å². The van der Waals surface area contributed by atoms with Crippen LogP contribution in [0.25, 0.3) is 0 Å². The molecule has 2 aromatic rings. The molecule has 2 atom stereocenters. The van der Waals surface area contributed by atoms with Crippen LogP contribution in [-0.4, -0.2) is 28.5 Å². The van der Waals surface area contributed by atoms with E-state index in [0.29, 0.717) is 11.4 Å². The van der Waals surface area contributed by atoms with Gasteiger partial charge in [-0.2, -0.15) is 10.4 Å². The van der Waals surface area contributed by atoms with Gasteiger partial charge < -0.3 is 15.9 Å². The number of nitrogens with one attached hydrogen (secondary N) is 1. The molecule has 3 N–H and O–H groups in total. The van der Waals surface area contributed by atoms with E-state index in [2.05, 4.69) is 21.6 Å². The van der Waals surface area contributed by atoms with Crippen LogP contribution in [0.15, 0.2) is 35.6 Å². The molecule has 1 aliphatic rings. The summed E-state index contributed by atoms with van der Waals surface area (Å²) in [5, 5.41) is 21.0. The number of amides is 1. The Morgan fingerprint density at radius 2 is 2.07 bits per heavy atom. The Labute approximate surface area is 164 Å². The fourth-order valence-electron chi connectivity index (χ4n) is 3.53. The van der Waals surface area contributed by atoms with Crippen LogP contribution in [0.1, 0.15) is 54.6 Å². The zero-order valence-corrected chi connectivity index (χ0v) is 16.1. The number of oxime groups is 1. The summed E-state index contributed by atoms with van der Waals surface area (Å²) >= 11 is 0. The highest BCUT2D eigenvalue weighted by Gasteiger charge is 2.28. The van der Waals surface area contributed by atoms with Gasteiger partial charge in [0.05, 0.1) is 23.7 Å². The van der Waals surface area contributed by atoms with E-state index in [4.69, 9.17) is 10.6 Å². The first-order valence-electron chi connectivity index (χ1n) is 9.27. The second-order valence-electron chi connectivity index (χ2n) is 6.88. The molecule has 0 bridgehead atoms. The van der Waals surface area contributed by atoms with E-state index in [1.54, 1.807) is 10.9 Å². The third-order valence-corrected chi connectivity index (χ3v) is 5.03. The second kappa shape index (κ2) is 8.57. The molecule has 1 aromatic carbocycles. The van der Waals surface area contributed by atoms with Crippen molar-refractivity contribution in [1.29, 1.82) is 5.26 Å². The van der Waals surface area contributed by atoms with Gasteiger partial charge in [0.25, 0.3) is 5.91 Å². The number of hydrogen-bond acceptors (Lipinski definition) is 6. The standard InChI is InChI=1S/C20H24N6O2/c1-13(25-28-2)14-7-9-16(10-8-14)23-20-17(19(22)27)12-26(24-20)18-6-4-3-5-15(18)11-21/h7-10,12,15,18H,3-6H2,1-2H3,(H2,22,27)(H,23,24)/b25-13+/t15-,18+/m1/s1. The number of carbonyl (C=O) groups is 1. The minimum atomic E-state index is -0.558. The molecule has 0 spiro atoms. The lowest BCUT2D eigenvalue weighted by molar-refractivity contribution is 0.100. The topological polar surface area (TPSA) is 118 Å². The lowest BCUT2D eigenvalue weighted by Crippen LogP contribution is -2.22. The van der Waals surface area contributed by atoms with E-state index < -0.39 is 5.91 Å². The molecule has 0 radical (unpaired) electrons. The van der Waals surface area contributed by atoms with Crippen molar-refractivity contribution in [2.45, 2.75) is 38.6 Å². The van der Waals surface area contributed by atoms with Crippen molar-refractivity contribution in [3.05, 3.63) is 41.6 Å². The average molecular weight is 380 g/mol. The van der Waals surface area contributed by atoms with Gasteiger partial charge in [0.2, 0.25) is 0 Å². The number of nitrogens with two attached hydrogens (primary N) is 1. The fraction of sp³-hybridized carbons (Fsp3) is 0.400. The molecule has 1 fully saturated rings. The smallest absolute Gasteiger partial charge is 0.254 e. The summed E-state index contributed by atoms with van der Waals surface area (Å²) in [6.45, 7) is 1.86. The lowest BCUT2D eigenvalue weighted by atomic mass is 9.85. The Balaban J connectivity index is 1.85. The van der Waals surface area contributed by atoms with Gasteiger partial charge in [0, 0.05) is 11.9 Å². The Bertz CT molecular complexity index is 910. The Morgan fingerprint density at radius 3 is 2.71 bits per heavy atom. The molecule has 8 nitrogen and oxygen atoms in total. The van der Waals surface area contributed by atoms with Crippen LogP contribution < -0.4 is 11.1 Å². The van der Waals surface area contributed by atoms with Crippen molar-refractivity contribution in [3.63, 3.8) is 0 Å². The molecule has 0 aliphatic heterocycles. The number of primary amides is 1. The van der Waals surface area contributed by atoms with Crippen LogP contribution in [0.4, 0.5) is 11.5 Å². The minimum absolute atomic E-state index is 0.0392. The number of nitriles is 1. The van der Waals surface area contributed by atoms with Crippen molar-refractivity contribution in [2.75, 3.05) is 12.4 Å². The van der Waals surface area contributed by atoms with Crippen molar-refractivity contribution in [2.24, 2.45) is 16.8 Å². The van der Waals surface area contributed by atoms with E-state index in [-0.39, 0.29) is 12.0 Å². The van der Waals surface area contributed by atoms with Gasteiger partial charge in [-0.25, -0.2) is 0 Å². The molecule has 0 saturated heterocycles. The molecular weight excluding hydrogens is 356 g/mol. The molecule has 3 rings (SSSR count). The highest BCUT2D eigenvalue weighted by Crippen LogP contribution is 2.34.